The molecule has 2 aromatic rings. The third kappa shape index (κ3) is 2.63. The Balaban J connectivity index is 2.30. The average Bonchev–Trinajstić information content (AvgIpc) is 2.81. The van der Waals surface area contributed by atoms with E-state index in [4.69, 9.17) is 4.74 Å². The lowest BCUT2D eigenvalue weighted by atomic mass is 10.1. The standard InChI is InChI=1S/C13H18N3OSi/c1-10(14-2)11-4-3-5-12-13(11)15-8-16(12)9-17-6-7-18/h3-5,8,10,14H,6-7,9H2,1-2H3. The molecule has 5 heteroatoms. The maximum atomic E-state index is 5.52. The van der Waals surface area contributed by atoms with Crippen LogP contribution in [0.25, 0.3) is 11.0 Å². The first-order chi connectivity index (χ1) is 8.77. The van der Waals surface area contributed by atoms with Crippen LogP contribution in [0.4, 0.5) is 0 Å². The summed E-state index contributed by atoms with van der Waals surface area (Å²) in [6, 6.07) is 7.38. The zero-order chi connectivity index (χ0) is 13.0. The van der Waals surface area contributed by atoms with E-state index in [0.717, 1.165) is 17.1 Å². The van der Waals surface area contributed by atoms with E-state index in [-0.39, 0.29) is 0 Å². The van der Waals surface area contributed by atoms with Gasteiger partial charge >= 0.3 is 0 Å². The molecular weight excluding hydrogens is 242 g/mol. The molecule has 0 fully saturated rings. The maximum absolute atomic E-state index is 5.52. The predicted molar refractivity (Wildman–Crippen MR) is 73.7 cm³/mol. The van der Waals surface area contributed by atoms with Crippen molar-refractivity contribution in [2.24, 2.45) is 0 Å². The summed E-state index contributed by atoms with van der Waals surface area (Å²) in [5, 5.41) is 3.25. The summed E-state index contributed by atoms with van der Waals surface area (Å²) in [4.78, 5) is 4.50. The van der Waals surface area contributed by atoms with Crippen LogP contribution >= 0.6 is 0 Å². The normalized spacial score (nSPS) is 13.1. The molecule has 0 saturated carbocycles. The Kier molecular flexibility index (Phi) is 4.52. The van der Waals surface area contributed by atoms with Gasteiger partial charge in [0.15, 0.2) is 0 Å². The van der Waals surface area contributed by atoms with Crippen LogP contribution in [0, 0.1) is 0 Å². The van der Waals surface area contributed by atoms with E-state index in [9.17, 15) is 0 Å². The van der Waals surface area contributed by atoms with Crippen LogP contribution in [-0.2, 0) is 11.5 Å². The van der Waals surface area contributed by atoms with Gasteiger partial charge in [0.2, 0.25) is 0 Å². The van der Waals surface area contributed by atoms with Crippen molar-refractivity contribution in [2.45, 2.75) is 25.7 Å². The number of aromatic nitrogens is 2. The molecule has 4 nitrogen and oxygen atoms in total. The fourth-order valence-corrected chi connectivity index (χ4v) is 2.10. The highest BCUT2D eigenvalue weighted by Crippen LogP contribution is 2.22. The van der Waals surface area contributed by atoms with Gasteiger partial charge in [-0.2, -0.15) is 0 Å². The molecule has 1 N–H and O–H groups in total. The van der Waals surface area contributed by atoms with Crippen molar-refractivity contribution in [2.75, 3.05) is 13.7 Å². The molecule has 2 rings (SSSR count). The van der Waals surface area contributed by atoms with Gasteiger partial charge in [-0.15, -0.1) is 0 Å². The molecule has 0 aliphatic rings. The molecule has 3 radical (unpaired) electrons. The molecular formula is C13H18N3OSi. The molecule has 1 unspecified atom stereocenters. The zero-order valence-electron chi connectivity index (χ0n) is 10.8. The first kappa shape index (κ1) is 13.3. The molecule has 1 aromatic carbocycles. The van der Waals surface area contributed by atoms with Crippen LogP contribution in [0.1, 0.15) is 18.5 Å². The Morgan fingerprint density at radius 1 is 1.50 bits per heavy atom. The summed E-state index contributed by atoms with van der Waals surface area (Å²) in [5.41, 5.74) is 3.37. The van der Waals surface area contributed by atoms with Crippen LogP contribution in [0.15, 0.2) is 24.5 Å². The molecule has 1 atom stereocenters. The minimum atomic E-state index is 0.292. The quantitative estimate of drug-likeness (QED) is 0.637. The maximum Gasteiger partial charge on any atom is 0.124 e. The summed E-state index contributed by atoms with van der Waals surface area (Å²) >= 11 is 0. The van der Waals surface area contributed by atoms with Crippen molar-refractivity contribution < 1.29 is 4.74 Å². The van der Waals surface area contributed by atoms with Gasteiger partial charge in [0.1, 0.15) is 6.73 Å². The van der Waals surface area contributed by atoms with Gasteiger partial charge in [0.25, 0.3) is 0 Å². The molecule has 0 saturated heterocycles. The number of benzene rings is 1. The summed E-state index contributed by atoms with van der Waals surface area (Å²) in [7, 11) is 5.35. The first-order valence-electron chi connectivity index (χ1n) is 6.11. The third-order valence-corrected chi connectivity index (χ3v) is 3.26. The number of imidazole rings is 1. The van der Waals surface area contributed by atoms with Gasteiger partial charge in [-0.1, -0.05) is 12.1 Å². The fourth-order valence-electron chi connectivity index (χ4n) is 1.95. The van der Waals surface area contributed by atoms with Crippen molar-refractivity contribution in [3.8, 4) is 0 Å². The van der Waals surface area contributed by atoms with Crippen LogP contribution in [0.5, 0.6) is 0 Å². The fraction of sp³-hybridized carbons (Fsp3) is 0.462. The van der Waals surface area contributed by atoms with Crippen molar-refractivity contribution in [3.05, 3.63) is 30.1 Å². The lowest BCUT2D eigenvalue weighted by Gasteiger charge is -2.11. The number of hydrogen-bond acceptors (Lipinski definition) is 3. The summed E-state index contributed by atoms with van der Waals surface area (Å²) in [6.45, 7) is 3.37. The highest BCUT2D eigenvalue weighted by Gasteiger charge is 2.11. The smallest absolute Gasteiger partial charge is 0.124 e. The Morgan fingerprint density at radius 3 is 3.06 bits per heavy atom. The predicted octanol–water partition coefficient (Wildman–Crippen LogP) is 1.88. The van der Waals surface area contributed by atoms with E-state index in [1.165, 1.54) is 5.56 Å². The van der Waals surface area contributed by atoms with Gasteiger partial charge in [-0.05, 0) is 31.6 Å². The van der Waals surface area contributed by atoms with Gasteiger partial charge < -0.3 is 14.6 Å². The molecule has 1 heterocycles. The van der Waals surface area contributed by atoms with E-state index < -0.39 is 0 Å². The SMILES string of the molecule is CNC(C)c1cccc2c1ncn2COCC[Si]. The van der Waals surface area contributed by atoms with Crippen LogP contribution in [0.3, 0.4) is 0 Å². The van der Waals surface area contributed by atoms with Crippen LogP contribution < -0.4 is 5.32 Å². The van der Waals surface area contributed by atoms with Gasteiger partial charge in [0, 0.05) is 22.9 Å². The van der Waals surface area contributed by atoms with Crippen LogP contribution in [0.2, 0.25) is 6.04 Å². The highest BCUT2D eigenvalue weighted by molar-refractivity contribution is 6.08. The van der Waals surface area contributed by atoms with Gasteiger partial charge in [-0.3, -0.25) is 0 Å². The lowest BCUT2D eigenvalue weighted by molar-refractivity contribution is 0.0907. The number of nitrogens with zero attached hydrogens (tertiary/aromatic N) is 2. The summed E-state index contributed by atoms with van der Waals surface area (Å²) < 4.78 is 7.55. The first-order valence-corrected chi connectivity index (χ1v) is 6.82. The zero-order valence-corrected chi connectivity index (χ0v) is 11.8. The van der Waals surface area contributed by atoms with E-state index in [1.54, 1.807) is 0 Å². The molecule has 0 spiro atoms. The Morgan fingerprint density at radius 2 is 2.33 bits per heavy atom. The highest BCUT2D eigenvalue weighted by atomic mass is 28.1. The molecule has 0 amide bonds. The Bertz CT molecular complexity index is 512. The number of ether oxygens (including phenoxy) is 1. The lowest BCUT2D eigenvalue weighted by Crippen LogP contribution is -2.12. The van der Waals surface area contributed by atoms with Crippen molar-refractivity contribution in [3.63, 3.8) is 0 Å². The monoisotopic (exact) mass is 260 g/mol. The number of nitrogens with one attached hydrogen (secondary N) is 1. The molecule has 95 valence electrons. The van der Waals surface area contributed by atoms with Crippen LogP contribution in [-0.4, -0.2) is 33.4 Å². The molecule has 0 bridgehead atoms. The number of para-hydroxylation sites is 1. The van der Waals surface area contributed by atoms with E-state index in [0.29, 0.717) is 19.4 Å². The Labute approximate surface area is 111 Å². The average molecular weight is 260 g/mol. The minimum absolute atomic E-state index is 0.292. The summed E-state index contributed by atoms with van der Waals surface area (Å²) in [6.07, 6.45) is 1.84. The van der Waals surface area contributed by atoms with Crippen molar-refractivity contribution in [1.82, 2.24) is 14.9 Å². The van der Waals surface area contributed by atoms with E-state index >= 15 is 0 Å². The largest absolute Gasteiger partial charge is 0.361 e. The van der Waals surface area contributed by atoms with E-state index in [1.807, 2.05) is 17.9 Å². The second kappa shape index (κ2) is 6.13. The number of fused-ring (bicyclic) bond motifs is 1. The molecule has 0 aliphatic heterocycles. The molecule has 18 heavy (non-hydrogen) atoms. The third-order valence-electron chi connectivity index (χ3n) is 3.06. The minimum Gasteiger partial charge on any atom is -0.361 e. The number of hydrogen-bond donors (Lipinski definition) is 1. The Hall–Kier alpha value is -1.17. The second-order valence-corrected chi connectivity index (χ2v) is 4.73. The summed E-state index contributed by atoms with van der Waals surface area (Å²) in [5.74, 6) is 0. The number of rotatable bonds is 6. The van der Waals surface area contributed by atoms with Crippen molar-refractivity contribution in [1.29, 1.82) is 0 Å². The van der Waals surface area contributed by atoms with Crippen molar-refractivity contribution >= 4 is 21.3 Å². The van der Waals surface area contributed by atoms with E-state index in [2.05, 4.69) is 45.7 Å². The molecule has 1 aromatic heterocycles. The van der Waals surface area contributed by atoms with Gasteiger partial charge in [0.05, 0.1) is 17.4 Å². The topological polar surface area (TPSA) is 39.1 Å². The second-order valence-electron chi connectivity index (χ2n) is 4.23. The van der Waals surface area contributed by atoms with Gasteiger partial charge in [-0.25, -0.2) is 4.98 Å². The molecule has 0 aliphatic carbocycles.